The van der Waals surface area contributed by atoms with Crippen LogP contribution in [0.15, 0.2) is 42.5 Å². The third-order valence-corrected chi connectivity index (χ3v) is 4.20. The van der Waals surface area contributed by atoms with E-state index in [1.54, 1.807) is 30.3 Å². The number of carbonyl (C=O) groups excluding carboxylic acids is 1. The maximum Gasteiger partial charge on any atom is 0.321 e. The number of aliphatic hydroxyl groups is 1. The molecule has 126 valence electrons. The number of anilines is 1. The minimum Gasteiger partial charge on any atom is -0.396 e. The zero-order valence-corrected chi connectivity index (χ0v) is 13.0. The molecule has 6 heteroatoms. The summed E-state index contributed by atoms with van der Waals surface area (Å²) in [6, 6.07) is 10.3. The molecular formula is C18H18F2N2O2. The smallest absolute Gasteiger partial charge is 0.321 e. The van der Waals surface area contributed by atoms with E-state index < -0.39 is 17.7 Å². The molecular weight excluding hydrogens is 314 g/mol. The molecule has 2 amide bonds. The first-order valence-electron chi connectivity index (χ1n) is 7.79. The second-order valence-electron chi connectivity index (χ2n) is 5.89. The van der Waals surface area contributed by atoms with Crippen molar-refractivity contribution in [3.05, 3.63) is 54.1 Å². The van der Waals surface area contributed by atoms with Gasteiger partial charge in [0.1, 0.15) is 11.6 Å². The van der Waals surface area contributed by atoms with E-state index in [2.05, 4.69) is 5.32 Å². The minimum absolute atomic E-state index is 0.0178. The Hall–Kier alpha value is -2.47. The number of likely N-dealkylation sites (tertiary alicyclic amines) is 1. The number of aliphatic hydroxyl groups excluding tert-OH is 1. The van der Waals surface area contributed by atoms with E-state index in [0.29, 0.717) is 30.6 Å². The van der Waals surface area contributed by atoms with Gasteiger partial charge in [-0.25, -0.2) is 13.6 Å². The first-order chi connectivity index (χ1) is 11.6. The van der Waals surface area contributed by atoms with Crippen molar-refractivity contribution in [3.8, 4) is 11.1 Å². The van der Waals surface area contributed by atoms with E-state index >= 15 is 0 Å². The molecule has 0 radical (unpaired) electrons. The van der Waals surface area contributed by atoms with Gasteiger partial charge in [-0.1, -0.05) is 30.3 Å². The van der Waals surface area contributed by atoms with Crippen LogP contribution in [0.3, 0.4) is 0 Å². The van der Waals surface area contributed by atoms with Crippen LogP contribution in [0.5, 0.6) is 0 Å². The van der Waals surface area contributed by atoms with E-state index in [1.165, 1.54) is 11.0 Å². The number of hydrogen-bond donors (Lipinski definition) is 2. The number of benzene rings is 2. The highest BCUT2D eigenvalue weighted by Crippen LogP contribution is 2.32. The lowest BCUT2D eigenvalue weighted by atomic mass is 10.0. The quantitative estimate of drug-likeness (QED) is 0.904. The van der Waals surface area contributed by atoms with Crippen LogP contribution in [-0.4, -0.2) is 35.7 Å². The predicted molar refractivity (Wildman–Crippen MR) is 87.6 cm³/mol. The largest absolute Gasteiger partial charge is 0.396 e. The van der Waals surface area contributed by atoms with E-state index in [4.69, 9.17) is 5.11 Å². The highest BCUT2D eigenvalue weighted by atomic mass is 19.1. The molecule has 0 saturated carbocycles. The third kappa shape index (κ3) is 3.38. The van der Waals surface area contributed by atoms with E-state index in [0.717, 1.165) is 6.07 Å². The number of nitrogens with one attached hydrogen (secondary N) is 1. The van der Waals surface area contributed by atoms with Gasteiger partial charge in [-0.05, 0) is 18.1 Å². The highest BCUT2D eigenvalue weighted by Gasteiger charge is 2.27. The average molecular weight is 332 g/mol. The summed E-state index contributed by atoms with van der Waals surface area (Å²) < 4.78 is 27.9. The maximum atomic E-state index is 14.3. The summed E-state index contributed by atoms with van der Waals surface area (Å²) in [5.41, 5.74) is 0.861. The summed E-state index contributed by atoms with van der Waals surface area (Å²) in [5.74, 6) is -1.48. The molecule has 1 fully saturated rings. The fraction of sp³-hybridized carbons (Fsp3) is 0.278. The molecule has 2 aromatic carbocycles. The number of amides is 2. The highest BCUT2D eigenvalue weighted by molar-refractivity contribution is 5.94. The fourth-order valence-corrected chi connectivity index (χ4v) is 2.90. The van der Waals surface area contributed by atoms with Gasteiger partial charge in [0, 0.05) is 37.2 Å². The Balaban J connectivity index is 1.89. The van der Waals surface area contributed by atoms with Crippen LogP contribution in [-0.2, 0) is 0 Å². The molecule has 1 saturated heterocycles. The van der Waals surface area contributed by atoms with Crippen molar-refractivity contribution in [1.29, 1.82) is 0 Å². The van der Waals surface area contributed by atoms with Gasteiger partial charge >= 0.3 is 6.03 Å². The van der Waals surface area contributed by atoms with Crippen LogP contribution in [0, 0.1) is 17.6 Å². The first kappa shape index (κ1) is 16.4. The summed E-state index contributed by atoms with van der Waals surface area (Å²) in [5, 5.41) is 11.7. The predicted octanol–water partition coefficient (Wildman–Crippen LogP) is 3.48. The monoisotopic (exact) mass is 332 g/mol. The Bertz CT molecular complexity index is 737. The molecule has 1 unspecified atom stereocenters. The number of carbonyl (C=O) groups is 1. The SMILES string of the molecule is O=C(Nc1c(F)cc(F)cc1-c1ccccc1)N1CCC(CO)C1. The van der Waals surface area contributed by atoms with Crippen molar-refractivity contribution in [2.24, 2.45) is 5.92 Å². The van der Waals surface area contributed by atoms with Crippen molar-refractivity contribution >= 4 is 11.7 Å². The number of rotatable bonds is 3. The molecule has 0 aromatic heterocycles. The van der Waals surface area contributed by atoms with Crippen molar-refractivity contribution in [3.63, 3.8) is 0 Å². The van der Waals surface area contributed by atoms with Crippen LogP contribution in [0.2, 0.25) is 0 Å². The summed E-state index contributed by atoms with van der Waals surface area (Å²) in [6.07, 6.45) is 0.710. The Labute approximate surface area is 138 Å². The Morgan fingerprint density at radius 1 is 1.25 bits per heavy atom. The summed E-state index contributed by atoms with van der Waals surface area (Å²) >= 11 is 0. The third-order valence-electron chi connectivity index (χ3n) is 4.20. The number of hydrogen-bond acceptors (Lipinski definition) is 2. The second-order valence-corrected chi connectivity index (χ2v) is 5.89. The van der Waals surface area contributed by atoms with Gasteiger partial charge in [0.05, 0.1) is 5.69 Å². The van der Waals surface area contributed by atoms with Gasteiger partial charge in [0.2, 0.25) is 0 Å². The topological polar surface area (TPSA) is 52.6 Å². The van der Waals surface area contributed by atoms with Gasteiger partial charge in [0.25, 0.3) is 0 Å². The first-order valence-corrected chi connectivity index (χ1v) is 7.79. The maximum absolute atomic E-state index is 14.3. The van der Waals surface area contributed by atoms with Gasteiger partial charge in [-0.2, -0.15) is 0 Å². The molecule has 24 heavy (non-hydrogen) atoms. The van der Waals surface area contributed by atoms with E-state index in [-0.39, 0.29) is 18.2 Å². The number of halogens is 2. The Kier molecular flexibility index (Phi) is 4.76. The molecule has 1 aliphatic heterocycles. The van der Waals surface area contributed by atoms with Crippen LogP contribution in [0.25, 0.3) is 11.1 Å². The lowest BCUT2D eigenvalue weighted by Crippen LogP contribution is -2.33. The van der Waals surface area contributed by atoms with Crippen LogP contribution < -0.4 is 5.32 Å². The Morgan fingerprint density at radius 3 is 2.67 bits per heavy atom. The van der Waals surface area contributed by atoms with Crippen molar-refractivity contribution in [1.82, 2.24) is 4.90 Å². The molecule has 1 atom stereocenters. The Morgan fingerprint density at radius 2 is 2.00 bits per heavy atom. The van der Waals surface area contributed by atoms with Gasteiger partial charge < -0.3 is 15.3 Å². The second kappa shape index (κ2) is 6.97. The fourth-order valence-electron chi connectivity index (χ4n) is 2.90. The average Bonchev–Trinajstić information content (AvgIpc) is 3.07. The molecule has 2 N–H and O–H groups in total. The van der Waals surface area contributed by atoms with Crippen molar-refractivity contribution in [2.75, 3.05) is 25.0 Å². The van der Waals surface area contributed by atoms with E-state index in [1.807, 2.05) is 0 Å². The van der Waals surface area contributed by atoms with Crippen LogP contribution in [0.1, 0.15) is 6.42 Å². The molecule has 0 aliphatic carbocycles. The molecule has 1 aliphatic rings. The molecule has 1 heterocycles. The van der Waals surface area contributed by atoms with Gasteiger partial charge in [-0.3, -0.25) is 0 Å². The lowest BCUT2D eigenvalue weighted by Gasteiger charge is -2.19. The van der Waals surface area contributed by atoms with Crippen molar-refractivity contribution in [2.45, 2.75) is 6.42 Å². The number of nitrogens with zero attached hydrogens (tertiary/aromatic N) is 1. The molecule has 4 nitrogen and oxygen atoms in total. The van der Waals surface area contributed by atoms with Crippen molar-refractivity contribution < 1.29 is 18.7 Å². The van der Waals surface area contributed by atoms with Gasteiger partial charge in [0.15, 0.2) is 0 Å². The molecule has 0 spiro atoms. The molecule has 2 aromatic rings. The summed E-state index contributed by atoms with van der Waals surface area (Å²) in [4.78, 5) is 13.9. The zero-order chi connectivity index (χ0) is 17.1. The minimum atomic E-state index is -0.819. The van der Waals surface area contributed by atoms with E-state index in [9.17, 15) is 13.6 Å². The normalized spacial score (nSPS) is 17.1. The lowest BCUT2D eigenvalue weighted by molar-refractivity contribution is 0.208. The zero-order valence-electron chi connectivity index (χ0n) is 13.0. The van der Waals surface area contributed by atoms with Crippen LogP contribution in [0.4, 0.5) is 19.3 Å². The molecule has 3 rings (SSSR count). The summed E-state index contributed by atoms with van der Waals surface area (Å²) in [6.45, 7) is 0.941. The standard InChI is InChI=1S/C18H18F2N2O2/c19-14-8-15(13-4-2-1-3-5-13)17(16(20)9-14)21-18(24)22-7-6-12(10-22)11-23/h1-5,8-9,12,23H,6-7,10-11H2,(H,21,24). The molecule has 0 bridgehead atoms. The number of urea groups is 1. The van der Waals surface area contributed by atoms with Gasteiger partial charge in [-0.15, -0.1) is 0 Å². The van der Waals surface area contributed by atoms with Crippen LogP contribution >= 0.6 is 0 Å². The summed E-state index contributed by atoms with van der Waals surface area (Å²) in [7, 11) is 0.